The van der Waals surface area contributed by atoms with Crippen LogP contribution in [-0.4, -0.2) is 11.8 Å². The molecule has 1 unspecified atom stereocenters. The molecule has 0 saturated carbocycles. The van der Waals surface area contributed by atoms with E-state index in [1.165, 1.54) is 0 Å². The molecule has 0 saturated heterocycles. The van der Waals surface area contributed by atoms with Crippen molar-refractivity contribution < 1.29 is 4.79 Å². The van der Waals surface area contributed by atoms with Crippen molar-refractivity contribution >= 4 is 17.5 Å². The van der Waals surface area contributed by atoms with Crippen molar-refractivity contribution in [1.82, 2.24) is 0 Å². The van der Waals surface area contributed by atoms with Crippen LogP contribution >= 0.6 is 11.6 Å². The van der Waals surface area contributed by atoms with E-state index in [1.807, 2.05) is 61.5 Å². The fourth-order valence-electron chi connectivity index (χ4n) is 2.23. The molecule has 2 rings (SSSR count). The SMILES string of the molecule is Cc1ccc(C(CCl)(C(N)=O)c2ccccc2)cc1. The summed E-state index contributed by atoms with van der Waals surface area (Å²) in [6.07, 6.45) is 0. The van der Waals surface area contributed by atoms with Gasteiger partial charge in [-0.15, -0.1) is 11.6 Å². The molecule has 0 heterocycles. The summed E-state index contributed by atoms with van der Waals surface area (Å²) in [5, 5.41) is 0. The molecule has 0 radical (unpaired) electrons. The Hall–Kier alpha value is -1.80. The molecule has 0 fully saturated rings. The zero-order chi connectivity index (χ0) is 13.9. The number of carbonyl (C=O) groups excluding carboxylic acids is 1. The Morgan fingerprint density at radius 3 is 2.05 bits per heavy atom. The van der Waals surface area contributed by atoms with Gasteiger partial charge in [0, 0.05) is 5.88 Å². The van der Waals surface area contributed by atoms with Crippen molar-refractivity contribution in [3.63, 3.8) is 0 Å². The Morgan fingerprint density at radius 2 is 1.58 bits per heavy atom. The molecule has 0 aliphatic rings. The summed E-state index contributed by atoms with van der Waals surface area (Å²) in [5.41, 5.74) is 7.46. The molecule has 0 spiro atoms. The molecular weight excluding hydrogens is 258 g/mol. The molecule has 0 aliphatic carbocycles. The minimum absolute atomic E-state index is 0.120. The molecular formula is C16H16ClNO. The number of hydrogen-bond donors (Lipinski definition) is 1. The van der Waals surface area contributed by atoms with Crippen LogP contribution in [0.5, 0.6) is 0 Å². The number of primary amides is 1. The lowest BCUT2D eigenvalue weighted by Gasteiger charge is -2.29. The van der Waals surface area contributed by atoms with Gasteiger partial charge in [0.2, 0.25) is 5.91 Å². The largest absolute Gasteiger partial charge is 0.369 e. The minimum atomic E-state index is -0.976. The van der Waals surface area contributed by atoms with E-state index in [-0.39, 0.29) is 5.88 Å². The van der Waals surface area contributed by atoms with E-state index in [0.717, 1.165) is 16.7 Å². The minimum Gasteiger partial charge on any atom is -0.369 e. The third kappa shape index (κ3) is 2.36. The molecule has 0 aliphatic heterocycles. The Kier molecular flexibility index (Phi) is 3.91. The van der Waals surface area contributed by atoms with Crippen LogP contribution in [0.2, 0.25) is 0 Å². The van der Waals surface area contributed by atoms with Gasteiger partial charge in [0.05, 0.1) is 0 Å². The third-order valence-electron chi connectivity index (χ3n) is 3.43. The summed E-state index contributed by atoms with van der Waals surface area (Å²) in [4.78, 5) is 12.1. The Balaban J connectivity index is 2.64. The number of benzene rings is 2. The lowest BCUT2D eigenvalue weighted by atomic mass is 9.75. The second-order valence-corrected chi connectivity index (χ2v) is 4.90. The van der Waals surface area contributed by atoms with Gasteiger partial charge in [-0.3, -0.25) is 4.79 Å². The second kappa shape index (κ2) is 5.45. The smallest absolute Gasteiger partial charge is 0.233 e. The molecule has 2 aromatic rings. The predicted octanol–water partition coefficient (Wildman–Crippen LogP) is 3.01. The van der Waals surface area contributed by atoms with Crippen LogP contribution in [-0.2, 0) is 10.2 Å². The number of aryl methyl sites for hydroxylation is 1. The van der Waals surface area contributed by atoms with Crippen LogP contribution in [0.3, 0.4) is 0 Å². The van der Waals surface area contributed by atoms with Crippen LogP contribution in [0.15, 0.2) is 54.6 Å². The summed E-state index contributed by atoms with van der Waals surface area (Å²) in [5.74, 6) is -0.312. The third-order valence-corrected chi connectivity index (χ3v) is 3.83. The summed E-state index contributed by atoms with van der Waals surface area (Å²) >= 11 is 6.13. The molecule has 19 heavy (non-hydrogen) atoms. The average molecular weight is 274 g/mol. The van der Waals surface area contributed by atoms with Crippen molar-refractivity contribution in [3.05, 3.63) is 71.3 Å². The highest BCUT2D eigenvalue weighted by molar-refractivity contribution is 6.21. The van der Waals surface area contributed by atoms with Gasteiger partial charge >= 0.3 is 0 Å². The fourth-order valence-corrected chi connectivity index (χ4v) is 2.67. The van der Waals surface area contributed by atoms with Gasteiger partial charge in [0.25, 0.3) is 0 Å². The molecule has 2 N–H and O–H groups in total. The number of rotatable bonds is 4. The van der Waals surface area contributed by atoms with Crippen molar-refractivity contribution in [1.29, 1.82) is 0 Å². The number of carbonyl (C=O) groups is 1. The first kappa shape index (κ1) is 13.6. The fraction of sp³-hybridized carbons (Fsp3) is 0.188. The van der Waals surface area contributed by atoms with E-state index in [9.17, 15) is 4.79 Å². The normalized spacial score (nSPS) is 13.8. The number of halogens is 1. The van der Waals surface area contributed by atoms with Gasteiger partial charge in [0.1, 0.15) is 5.41 Å². The first-order valence-electron chi connectivity index (χ1n) is 6.10. The van der Waals surface area contributed by atoms with E-state index in [2.05, 4.69) is 0 Å². The van der Waals surface area contributed by atoms with Crippen molar-refractivity contribution in [2.75, 3.05) is 5.88 Å². The van der Waals surface area contributed by atoms with Gasteiger partial charge in [0.15, 0.2) is 0 Å². The monoisotopic (exact) mass is 273 g/mol. The van der Waals surface area contributed by atoms with Gasteiger partial charge in [-0.05, 0) is 18.1 Å². The van der Waals surface area contributed by atoms with Gasteiger partial charge in [-0.25, -0.2) is 0 Å². The highest BCUT2D eigenvalue weighted by Gasteiger charge is 2.39. The molecule has 2 nitrogen and oxygen atoms in total. The van der Waals surface area contributed by atoms with E-state index >= 15 is 0 Å². The van der Waals surface area contributed by atoms with Gasteiger partial charge in [-0.1, -0.05) is 60.2 Å². The lowest BCUT2D eigenvalue weighted by Crippen LogP contribution is -2.44. The topological polar surface area (TPSA) is 43.1 Å². The molecule has 1 atom stereocenters. The molecule has 0 aromatic heterocycles. The zero-order valence-electron chi connectivity index (χ0n) is 10.8. The first-order chi connectivity index (χ1) is 9.11. The number of nitrogens with two attached hydrogens (primary N) is 1. The van der Waals surface area contributed by atoms with Crippen molar-refractivity contribution in [3.8, 4) is 0 Å². The maximum atomic E-state index is 12.1. The number of alkyl halides is 1. The maximum absolute atomic E-state index is 12.1. The van der Waals surface area contributed by atoms with E-state index < -0.39 is 11.3 Å². The van der Waals surface area contributed by atoms with Crippen LogP contribution in [0.4, 0.5) is 0 Å². The maximum Gasteiger partial charge on any atom is 0.233 e. The van der Waals surface area contributed by atoms with Gasteiger partial charge in [-0.2, -0.15) is 0 Å². The highest BCUT2D eigenvalue weighted by Crippen LogP contribution is 2.33. The summed E-state index contributed by atoms with van der Waals surface area (Å²) in [6.45, 7) is 2.00. The van der Waals surface area contributed by atoms with E-state index in [4.69, 9.17) is 17.3 Å². The number of amides is 1. The molecule has 3 heteroatoms. The van der Waals surface area contributed by atoms with E-state index in [1.54, 1.807) is 0 Å². The van der Waals surface area contributed by atoms with Crippen molar-refractivity contribution in [2.45, 2.75) is 12.3 Å². The number of hydrogen-bond acceptors (Lipinski definition) is 1. The molecule has 0 bridgehead atoms. The average Bonchev–Trinajstić information content (AvgIpc) is 2.43. The Bertz CT molecular complexity index is 565. The summed E-state index contributed by atoms with van der Waals surface area (Å²) < 4.78 is 0. The quantitative estimate of drug-likeness (QED) is 0.855. The lowest BCUT2D eigenvalue weighted by molar-refractivity contribution is -0.121. The van der Waals surface area contributed by atoms with Crippen LogP contribution in [0.25, 0.3) is 0 Å². The molecule has 2 aromatic carbocycles. The Labute approximate surface area is 118 Å². The first-order valence-corrected chi connectivity index (χ1v) is 6.63. The van der Waals surface area contributed by atoms with Crippen LogP contribution in [0.1, 0.15) is 16.7 Å². The van der Waals surface area contributed by atoms with E-state index in [0.29, 0.717) is 0 Å². The predicted molar refractivity (Wildman–Crippen MR) is 78.3 cm³/mol. The molecule has 98 valence electrons. The zero-order valence-corrected chi connectivity index (χ0v) is 11.5. The van der Waals surface area contributed by atoms with Gasteiger partial charge < -0.3 is 5.73 Å². The highest BCUT2D eigenvalue weighted by atomic mass is 35.5. The second-order valence-electron chi connectivity index (χ2n) is 4.64. The molecule has 1 amide bonds. The summed E-state index contributed by atoms with van der Waals surface area (Å²) in [7, 11) is 0. The Morgan fingerprint density at radius 1 is 1.05 bits per heavy atom. The summed E-state index contributed by atoms with van der Waals surface area (Å²) in [6, 6.07) is 17.2. The van der Waals surface area contributed by atoms with Crippen LogP contribution < -0.4 is 5.73 Å². The van der Waals surface area contributed by atoms with Crippen molar-refractivity contribution in [2.24, 2.45) is 5.73 Å². The van der Waals surface area contributed by atoms with Crippen LogP contribution in [0, 0.1) is 6.92 Å². The standard InChI is InChI=1S/C16H16ClNO/c1-12-7-9-14(10-8-12)16(11-17,15(18)19)13-5-3-2-4-6-13/h2-10H,11H2,1H3,(H2,18,19).